The zero-order valence-corrected chi connectivity index (χ0v) is 26.5. The van der Waals surface area contributed by atoms with Gasteiger partial charge in [-0.25, -0.2) is 0 Å². The van der Waals surface area contributed by atoms with Crippen LogP contribution in [-0.4, -0.2) is 9.13 Å². The van der Waals surface area contributed by atoms with Gasteiger partial charge in [0.2, 0.25) is 5.71 Å². The van der Waals surface area contributed by atoms with Crippen LogP contribution in [0.1, 0.15) is 0 Å². The Bertz CT molecular complexity index is 3010. The second kappa shape index (κ2) is 9.71. The molecule has 4 aromatic heterocycles. The van der Waals surface area contributed by atoms with E-state index in [4.69, 9.17) is 4.42 Å². The molecule has 4 heteroatoms. The highest BCUT2D eigenvalue weighted by Gasteiger charge is 2.21. The van der Waals surface area contributed by atoms with Crippen LogP contribution in [0.4, 0.5) is 0 Å². The van der Waals surface area contributed by atoms with Crippen LogP contribution in [0, 0.1) is 0 Å². The highest BCUT2D eigenvalue weighted by molar-refractivity contribution is 7.25. The molecule has 0 unspecified atom stereocenters. The van der Waals surface area contributed by atoms with Crippen molar-refractivity contribution in [3.8, 4) is 22.5 Å². The molecule has 0 aliphatic rings. The van der Waals surface area contributed by atoms with E-state index in [1.54, 1.807) is 0 Å². The van der Waals surface area contributed by atoms with Crippen LogP contribution < -0.4 is 0 Å². The summed E-state index contributed by atoms with van der Waals surface area (Å²) in [5.74, 6) is 0. The van der Waals surface area contributed by atoms with Crippen LogP contribution >= 0.6 is 11.3 Å². The van der Waals surface area contributed by atoms with Gasteiger partial charge in [0.05, 0.1) is 21.9 Å². The SMILES string of the molecule is c1ccc(-n2c3ccccc3c3c4cccc(-c5ccc6c(c5)sc5cc(-n7c8ccccc8c8ccccc87)ccc56)c4oc32)cc1. The first-order chi connectivity index (χ1) is 23.8. The molecule has 0 saturated carbocycles. The largest absolute Gasteiger partial charge is 0.438 e. The van der Waals surface area contributed by atoms with Gasteiger partial charge < -0.3 is 8.98 Å². The van der Waals surface area contributed by atoms with Gasteiger partial charge >= 0.3 is 0 Å². The minimum atomic E-state index is 0.880. The molecule has 0 aliphatic heterocycles. The Balaban J connectivity index is 1.10. The van der Waals surface area contributed by atoms with E-state index >= 15 is 0 Å². The first-order valence-corrected chi connectivity index (χ1v) is 17.1. The number of aromatic nitrogens is 2. The van der Waals surface area contributed by atoms with Crippen LogP contribution in [0.25, 0.3) is 97.5 Å². The second-order valence-corrected chi connectivity index (χ2v) is 13.6. The number of thiophene rings is 1. The molecule has 0 atom stereocenters. The molecule has 0 amide bonds. The maximum Gasteiger partial charge on any atom is 0.213 e. The predicted molar refractivity (Wildman–Crippen MR) is 203 cm³/mol. The van der Waals surface area contributed by atoms with Crippen molar-refractivity contribution >= 4 is 86.3 Å². The maximum atomic E-state index is 6.87. The van der Waals surface area contributed by atoms with E-state index in [1.807, 2.05) is 11.3 Å². The Morgan fingerprint density at radius 2 is 1.02 bits per heavy atom. The molecular weight excluding hydrogens is 605 g/mol. The van der Waals surface area contributed by atoms with Crippen LogP contribution in [-0.2, 0) is 0 Å². The van der Waals surface area contributed by atoms with E-state index in [0.717, 1.165) is 44.4 Å². The van der Waals surface area contributed by atoms with Gasteiger partial charge in [0.25, 0.3) is 0 Å². The number of furan rings is 1. The van der Waals surface area contributed by atoms with Gasteiger partial charge in [-0.05, 0) is 54.1 Å². The standard InChI is InChI=1S/C44H26N2OS/c1-2-11-28(12-3-1)46-39-20-9-6-15-35(39)42-36-17-10-16-30(43(36)47-44(42)46)27-21-23-33-34-24-22-29(26-41(34)48-40(33)25-27)45-37-18-7-4-13-31(37)32-14-5-8-19-38(32)45/h1-26H. The van der Waals surface area contributed by atoms with Crippen LogP contribution in [0.2, 0.25) is 0 Å². The van der Waals surface area contributed by atoms with Gasteiger partial charge in [-0.2, -0.15) is 0 Å². The Morgan fingerprint density at radius 1 is 0.417 bits per heavy atom. The maximum absolute atomic E-state index is 6.87. The molecule has 3 nitrogen and oxygen atoms in total. The van der Waals surface area contributed by atoms with Crippen molar-refractivity contribution in [2.45, 2.75) is 0 Å². The lowest BCUT2D eigenvalue weighted by Crippen LogP contribution is -1.92. The highest BCUT2D eigenvalue weighted by atomic mass is 32.1. The molecule has 11 aromatic rings. The van der Waals surface area contributed by atoms with Gasteiger partial charge in [-0.15, -0.1) is 11.3 Å². The van der Waals surface area contributed by atoms with E-state index in [-0.39, 0.29) is 0 Å². The fourth-order valence-corrected chi connectivity index (χ4v) is 9.03. The van der Waals surface area contributed by atoms with Crippen molar-refractivity contribution < 1.29 is 4.42 Å². The smallest absolute Gasteiger partial charge is 0.213 e. The zero-order valence-electron chi connectivity index (χ0n) is 25.7. The van der Waals surface area contributed by atoms with Crippen LogP contribution in [0.3, 0.4) is 0 Å². The summed E-state index contributed by atoms with van der Waals surface area (Å²) >= 11 is 1.86. The summed E-state index contributed by atoms with van der Waals surface area (Å²) in [4.78, 5) is 0. The average Bonchev–Trinajstić information content (AvgIpc) is 3.88. The number of hydrogen-bond acceptors (Lipinski definition) is 2. The normalized spacial score (nSPS) is 12.2. The minimum Gasteiger partial charge on any atom is -0.438 e. The van der Waals surface area contributed by atoms with Gasteiger partial charge in [0.1, 0.15) is 5.58 Å². The lowest BCUT2D eigenvalue weighted by molar-refractivity contribution is 0.646. The van der Waals surface area contributed by atoms with E-state index in [9.17, 15) is 0 Å². The fourth-order valence-electron chi connectivity index (χ4n) is 7.85. The lowest BCUT2D eigenvalue weighted by atomic mass is 10.0. The summed E-state index contributed by atoms with van der Waals surface area (Å²) in [5, 5.41) is 8.63. The van der Waals surface area contributed by atoms with Crippen molar-refractivity contribution in [3.05, 3.63) is 158 Å². The molecule has 0 fully saturated rings. The van der Waals surface area contributed by atoms with Crippen LogP contribution in [0.5, 0.6) is 0 Å². The molecule has 48 heavy (non-hydrogen) atoms. The van der Waals surface area contributed by atoms with Crippen molar-refractivity contribution in [2.24, 2.45) is 0 Å². The monoisotopic (exact) mass is 630 g/mol. The second-order valence-electron chi connectivity index (χ2n) is 12.5. The third-order valence-corrected chi connectivity index (χ3v) is 11.1. The lowest BCUT2D eigenvalue weighted by Gasteiger charge is -2.08. The number of benzene rings is 7. The number of para-hydroxylation sites is 5. The first-order valence-electron chi connectivity index (χ1n) is 16.3. The highest BCUT2D eigenvalue weighted by Crippen LogP contribution is 2.44. The fraction of sp³-hybridized carbons (Fsp3) is 0. The summed E-state index contributed by atoms with van der Waals surface area (Å²) in [6, 6.07) is 56.8. The zero-order chi connectivity index (χ0) is 31.3. The topological polar surface area (TPSA) is 23.0 Å². The third kappa shape index (κ3) is 3.52. The average molecular weight is 631 g/mol. The molecule has 0 spiro atoms. The molecular formula is C44H26N2OS. The summed E-state index contributed by atoms with van der Waals surface area (Å²) in [6.45, 7) is 0. The first kappa shape index (κ1) is 26.0. The molecule has 4 heterocycles. The van der Waals surface area contributed by atoms with E-state index in [0.29, 0.717) is 0 Å². The van der Waals surface area contributed by atoms with E-state index < -0.39 is 0 Å². The predicted octanol–water partition coefficient (Wildman–Crippen LogP) is 12.7. The molecule has 11 rings (SSSR count). The van der Waals surface area contributed by atoms with Gasteiger partial charge in [-0.1, -0.05) is 109 Å². The van der Waals surface area contributed by atoms with Crippen LogP contribution in [0.15, 0.2) is 162 Å². The summed E-state index contributed by atoms with van der Waals surface area (Å²) < 4.78 is 14.1. The Kier molecular flexibility index (Phi) is 5.26. The molecule has 224 valence electrons. The van der Waals surface area contributed by atoms with E-state index in [1.165, 1.54) is 53.1 Å². The molecule has 0 N–H and O–H groups in total. The van der Waals surface area contributed by atoms with Crippen molar-refractivity contribution in [1.82, 2.24) is 9.13 Å². The van der Waals surface area contributed by atoms with Gasteiger partial charge in [0.15, 0.2) is 0 Å². The van der Waals surface area contributed by atoms with Crippen molar-refractivity contribution in [1.29, 1.82) is 0 Å². The third-order valence-electron chi connectivity index (χ3n) is 9.93. The van der Waals surface area contributed by atoms with Gasteiger partial charge in [-0.3, -0.25) is 4.57 Å². The van der Waals surface area contributed by atoms with Gasteiger partial charge in [0, 0.05) is 58.7 Å². The van der Waals surface area contributed by atoms with Crippen molar-refractivity contribution in [3.63, 3.8) is 0 Å². The Labute approximate surface area is 279 Å². The summed E-state index contributed by atoms with van der Waals surface area (Å²) in [6.07, 6.45) is 0. The quantitative estimate of drug-likeness (QED) is 0.190. The number of rotatable bonds is 3. The number of fused-ring (bicyclic) bond motifs is 11. The molecule has 0 bridgehead atoms. The Morgan fingerprint density at radius 3 is 1.77 bits per heavy atom. The molecule has 7 aromatic carbocycles. The van der Waals surface area contributed by atoms with E-state index in [2.05, 4.69) is 167 Å². The number of nitrogens with zero attached hydrogens (tertiary/aromatic N) is 2. The van der Waals surface area contributed by atoms with Crippen molar-refractivity contribution in [2.75, 3.05) is 0 Å². The summed E-state index contributed by atoms with van der Waals surface area (Å²) in [7, 11) is 0. The summed E-state index contributed by atoms with van der Waals surface area (Å²) in [5.41, 5.74) is 9.96. The molecule has 0 radical (unpaired) electrons. The minimum absolute atomic E-state index is 0.880. The molecule has 0 saturated heterocycles. The molecule has 0 aliphatic carbocycles. The Hall–Kier alpha value is -6.10. The number of hydrogen-bond donors (Lipinski definition) is 0.